The van der Waals surface area contributed by atoms with Crippen molar-refractivity contribution in [2.45, 2.75) is 57.2 Å². The monoisotopic (exact) mass is 288 g/mol. The van der Waals surface area contributed by atoms with Crippen LogP contribution in [0.1, 0.15) is 38.2 Å². The first kappa shape index (κ1) is 14.8. The minimum Gasteiger partial charge on any atom is -0.398 e. The number of nitrogens with two attached hydrogens (primary N) is 1. The summed E-state index contributed by atoms with van der Waals surface area (Å²) in [6.45, 7) is 3.22. The number of rotatable bonds is 5. The summed E-state index contributed by atoms with van der Waals surface area (Å²) in [7, 11) is 2.31. The molecule has 0 amide bonds. The van der Waals surface area contributed by atoms with Gasteiger partial charge in [-0.25, -0.2) is 0 Å². The van der Waals surface area contributed by atoms with Crippen molar-refractivity contribution in [3.05, 3.63) is 24.0 Å². The molecule has 21 heavy (non-hydrogen) atoms. The van der Waals surface area contributed by atoms with Crippen molar-refractivity contribution in [3.8, 4) is 0 Å². The van der Waals surface area contributed by atoms with E-state index >= 15 is 0 Å². The first-order valence-electron chi connectivity index (χ1n) is 8.32. The van der Waals surface area contributed by atoms with Crippen molar-refractivity contribution in [2.75, 3.05) is 19.3 Å². The molecule has 4 nitrogen and oxygen atoms in total. The zero-order valence-corrected chi connectivity index (χ0v) is 13.3. The van der Waals surface area contributed by atoms with Crippen molar-refractivity contribution in [2.24, 2.45) is 5.92 Å². The Morgan fingerprint density at radius 1 is 1.38 bits per heavy atom. The molecule has 2 fully saturated rings. The SMILES string of the molecule is CCNC(Cc1cnccc1N)C1CC2CCC(C1)N2C. The summed E-state index contributed by atoms with van der Waals surface area (Å²) in [4.78, 5) is 6.85. The molecule has 0 radical (unpaired) electrons. The second kappa shape index (κ2) is 6.32. The highest BCUT2D eigenvalue weighted by molar-refractivity contribution is 5.44. The number of hydrogen-bond donors (Lipinski definition) is 2. The lowest BCUT2D eigenvalue weighted by Crippen LogP contribution is -2.47. The largest absolute Gasteiger partial charge is 0.398 e. The third kappa shape index (κ3) is 3.06. The van der Waals surface area contributed by atoms with Crippen molar-refractivity contribution >= 4 is 5.69 Å². The molecular formula is C17H28N4. The van der Waals surface area contributed by atoms with Crippen LogP contribution in [0.4, 0.5) is 5.69 Å². The number of aromatic nitrogens is 1. The number of anilines is 1. The van der Waals surface area contributed by atoms with Gasteiger partial charge in [-0.15, -0.1) is 0 Å². The molecule has 3 atom stereocenters. The molecule has 0 aliphatic carbocycles. The third-order valence-electron chi connectivity index (χ3n) is 5.55. The normalized spacial score (nSPS) is 30.5. The van der Waals surface area contributed by atoms with E-state index in [0.29, 0.717) is 6.04 Å². The maximum absolute atomic E-state index is 6.11. The topological polar surface area (TPSA) is 54.2 Å². The zero-order chi connectivity index (χ0) is 14.8. The van der Waals surface area contributed by atoms with Crippen LogP contribution < -0.4 is 11.1 Å². The highest BCUT2D eigenvalue weighted by Gasteiger charge is 2.40. The third-order valence-corrected chi connectivity index (χ3v) is 5.55. The van der Waals surface area contributed by atoms with Gasteiger partial charge in [0.1, 0.15) is 0 Å². The summed E-state index contributed by atoms with van der Waals surface area (Å²) in [5.41, 5.74) is 8.18. The molecule has 2 bridgehead atoms. The average Bonchev–Trinajstić information content (AvgIpc) is 2.71. The van der Waals surface area contributed by atoms with Crippen molar-refractivity contribution in [1.82, 2.24) is 15.2 Å². The summed E-state index contributed by atoms with van der Waals surface area (Å²) >= 11 is 0. The summed E-state index contributed by atoms with van der Waals surface area (Å²) in [6, 6.07) is 4.03. The van der Waals surface area contributed by atoms with Crippen LogP contribution >= 0.6 is 0 Å². The minimum absolute atomic E-state index is 0.526. The highest BCUT2D eigenvalue weighted by Crippen LogP contribution is 2.39. The van der Waals surface area contributed by atoms with Crippen LogP contribution in [0, 0.1) is 5.92 Å². The summed E-state index contributed by atoms with van der Waals surface area (Å²) in [5.74, 6) is 0.762. The molecule has 2 saturated heterocycles. The summed E-state index contributed by atoms with van der Waals surface area (Å²) in [5, 5.41) is 3.71. The van der Waals surface area contributed by atoms with Crippen LogP contribution in [0.15, 0.2) is 18.5 Å². The van der Waals surface area contributed by atoms with E-state index in [2.05, 4.69) is 29.2 Å². The molecule has 2 aliphatic heterocycles. The number of pyridine rings is 1. The fraction of sp³-hybridized carbons (Fsp3) is 0.706. The van der Waals surface area contributed by atoms with Crippen LogP contribution in [0.3, 0.4) is 0 Å². The Kier molecular flexibility index (Phi) is 4.45. The zero-order valence-electron chi connectivity index (χ0n) is 13.3. The van der Waals surface area contributed by atoms with E-state index in [-0.39, 0.29) is 0 Å². The lowest BCUT2D eigenvalue weighted by Gasteiger charge is -2.40. The number of nitrogens with one attached hydrogen (secondary N) is 1. The van der Waals surface area contributed by atoms with Crippen LogP contribution in [0.5, 0.6) is 0 Å². The number of hydrogen-bond acceptors (Lipinski definition) is 4. The molecule has 2 aliphatic rings. The van der Waals surface area contributed by atoms with Crippen molar-refractivity contribution in [1.29, 1.82) is 0 Å². The highest BCUT2D eigenvalue weighted by atomic mass is 15.2. The fourth-order valence-electron chi connectivity index (χ4n) is 4.30. The van der Waals surface area contributed by atoms with Gasteiger partial charge in [-0.2, -0.15) is 0 Å². The van der Waals surface area contributed by atoms with Gasteiger partial charge in [0.15, 0.2) is 0 Å². The van der Waals surface area contributed by atoms with Crippen molar-refractivity contribution < 1.29 is 0 Å². The molecule has 0 spiro atoms. The van der Waals surface area contributed by atoms with Gasteiger partial charge in [0.05, 0.1) is 0 Å². The van der Waals surface area contributed by atoms with Crippen LogP contribution in [0.25, 0.3) is 0 Å². The first-order chi connectivity index (χ1) is 10.2. The van der Waals surface area contributed by atoms with E-state index in [1.807, 2.05) is 12.3 Å². The van der Waals surface area contributed by atoms with Crippen LogP contribution in [-0.2, 0) is 6.42 Å². The Bertz CT molecular complexity index is 462. The van der Waals surface area contributed by atoms with Crippen LogP contribution in [0.2, 0.25) is 0 Å². The van der Waals surface area contributed by atoms with E-state index < -0.39 is 0 Å². The quantitative estimate of drug-likeness (QED) is 0.871. The standard InChI is InChI=1S/C17H28N4/c1-3-20-17(10-13-11-19-7-6-16(13)18)12-8-14-4-5-15(9-12)21(14)2/h6-7,11-12,14-15,17,20H,3-5,8-10H2,1-2H3,(H2,18,19). The predicted molar refractivity (Wildman–Crippen MR) is 87.1 cm³/mol. The minimum atomic E-state index is 0.526. The van der Waals surface area contributed by atoms with Gasteiger partial charge < -0.3 is 16.0 Å². The molecular weight excluding hydrogens is 260 g/mol. The Hall–Kier alpha value is -1.13. The molecule has 116 valence electrons. The first-order valence-corrected chi connectivity index (χ1v) is 8.32. The van der Waals surface area contributed by atoms with E-state index in [1.165, 1.54) is 31.2 Å². The number of nitrogens with zero attached hydrogens (tertiary/aromatic N) is 2. The van der Waals surface area contributed by atoms with Crippen LogP contribution in [-0.4, -0.2) is 41.6 Å². The van der Waals surface area contributed by atoms with Gasteiger partial charge in [0.2, 0.25) is 0 Å². The predicted octanol–water partition coefficient (Wildman–Crippen LogP) is 2.06. The Morgan fingerprint density at radius 2 is 2.10 bits per heavy atom. The smallest absolute Gasteiger partial charge is 0.0378 e. The van der Waals surface area contributed by atoms with E-state index in [4.69, 9.17) is 5.73 Å². The van der Waals surface area contributed by atoms with Gasteiger partial charge in [0, 0.05) is 36.2 Å². The van der Waals surface area contributed by atoms with Crippen molar-refractivity contribution in [3.63, 3.8) is 0 Å². The molecule has 3 N–H and O–H groups in total. The summed E-state index contributed by atoms with van der Waals surface area (Å²) < 4.78 is 0. The van der Waals surface area contributed by atoms with Gasteiger partial charge >= 0.3 is 0 Å². The number of likely N-dealkylation sites (N-methyl/N-ethyl adjacent to an activating group) is 1. The fourth-order valence-corrected chi connectivity index (χ4v) is 4.30. The lowest BCUT2D eigenvalue weighted by molar-refractivity contribution is 0.112. The maximum Gasteiger partial charge on any atom is 0.0378 e. The van der Waals surface area contributed by atoms with Gasteiger partial charge in [-0.05, 0) is 63.2 Å². The molecule has 0 aromatic carbocycles. The molecule has 1 aromatic rings. The lowest BCUT2D eigenvalue weighted by atomic mass is 9.82. The van der Waals surface area contributed by atoms with Gasteiger partial charge in [0.25, 0.3) is 0 Å². The molecule has 3 heterocycles. The molecule has 1 aromatic heterocycles. The Morgan fingerprint density at radius 3 is 2.71 bits per heavy atom. The van der Waals surface area contributed by atoms with E-state index in [0.717, 1.165) is 36.7 Å². The summed E-state index contributed by atoms with van der Waals surface area (Å²) in [6.07, 6.45) is 10.1. The molecule has 3 rings (SSSR count). The number of fused-ring (bicyclic) bond motifs is 2. The molecule has 3 unspecified atom stereocenters. The van der Waals surface area contributed by atoms with Gasteiger partial charge in [-0.3, -0.25) is 4.98 Å². The van der Waals surface area contributed by atoms with Gasteiger partial charge in [-0.1, -0.05) is 6.92 Å². The Balaban J connectivity index is 1.72. The molecule has 4 heteroatoms. The number of nitrogen functional groups attached to an aromatic ring is 1. The maximum atomic E-state index is 6.11. The average molecular weight is 288 g/mol. The van der Waals surface area contributed by atoms with E-state index in [9.17, 15) is 0 Å². The second-order valence-electron chi connectivity index (χ2n) is 6.72. The Labute approximate surface area is 128 Å². The second-order valence-corrected chi connectivity index (χ2v) is 6.72. The number of piperidine rings is 1. The molecule has 0 saturated carbocycles. The van der Waals surface area contributed by atoms with E-state index in [1.54, 1.807) is 6.20 Å².